The van der Waals surface area contributed by atoms with Crippen molar-refractivity contribution in [2.75, 3.05) is 20.3 Å². The molecule has 23 heavy (non-hydrogen) atoms. The average molecular weight is 314 g/mol. The van der Waals surface area contributed by atoms with Gasteiger partial charge in [-0.25, -0.2) is 0 Å². The Balaban J connectivity index is 1.71. The molecule has 1 aliphatic heterocycles. The topological polar surface area (TPSA) is 57.4 Å². The van der Waals surface area contributed by atoms with Crippen LogP contribution in [0.25, 0.3) is 0 Å². The Bertz CT molecular complexity index is 674. The zero-order valence-electron chi connectivity index (χ0n) is 13.6. The Kier molecular flexibility index (Phi) is 3.60. The van der Waals surface area contributed by atoms with Crippen LogP contribution >= 0.6 is 0 Å². The molecule has 0 unspecified atom stereocenters. The quantitative estimate of drug-likeness (QED) is 0.866. The summed E-state index contributed by atoms with van der Waals surface area (Å²) in [5.74, 6) is 3.50. The minimum absolute atomic E-state index is 0.242. The SMILES string of the molecule is COc1ccc(C2(c3nnc([C@@H]4C[C@@H]4C)o3)CCOCC2)cc1. The third-order valence-electron chi connectivity index (χ3n) is 5.27. The summed E-state index contributed by atoms with van der Waals surface area (Å²) in [6.07, 6.45) is 2.88. The van der Waals surface area contributed by atoms with Gasteiger partial charge in [0, 0.05) is 19.1 Å². The van der Waals surface area contributed by atoms with Crippen LogP contribution in [0.3, 0.4) is 0 Å². The fourth-order valence-electron chi connectivity index (χ4n) is 3.50. The molecule has 2 atom stereocenters. The Hall–Kier alpha value is -1.88. The van der Waals surface area contributed by atoms with Crippen LogP contribution in [0, 0.1) is 5.92 Å². The average Bonchev–Trinajstić information content (AvgIpc) is 3.13. The summed E-state index contributed by atoms with van der Waals surface area (Å²) in [5.41, 5.74) is 0.953. The highest BCUT2D eigenvalue weighted by atomic mass is 16.5. The first kappa shape index (κ1) is 14.7. The highest BCUT2D eigenvalue weighted by Crippen LogP contribution is 2.48. The van der Waals surface area contributed by atoms with Crippen LogP contribution < -0.4 is 4.74 Å². The molecule has 122 valence electrons. The van der Waals surface area contributed by atoms with Crippen LogP contribution in [-0.4, -0.2) is 30.5 Å². The van der Waals surface area contributed by atoms with Crippen LogP contribution in [-0.2, 0) is 10.2 Å². The van der Waals surface area contributed by atoms with Gasteiger partial charge in [0.15, 0.2) is 0 Å². The predicted molar refractivity (Wildman–Crippen MR) is 84.6 cm³/mol. The van der Waals surface area contributed by atoms with E-state index < -0.39 is 0 Å². The van der Waals surface area contributed by atoms with E-state index in [0.717, 1.165) is 36.8 Å². The lowest BCUT2D eigenvalue weighted by Crippen LogP contribution is -2.35. The largest absolute Gasteiger partial charge is 0.497 e. The van der Waals surface area contributed by atoms with Gasteiger partial charge in [0.1, 0.15) is 5.75 Å². The van der Waals surface area contributed by atoms with Crippen LogP contribution in [0.15, 0.2) is 28.7 Å². The molecule has 2 aromatic rings. The summed E-state index contributed by atoms with van der Waals surface area (Å²) >= 11 is 0. The molecule has 0 spiro atoms. The van der Waals surface area contributed by atoms with Crippen molar-refractivity contribution in [3.05, 3.63) is 41.6 Å². The lowest BCUT2D eigenvalue weighted by atomic mass is 9.74. The van der Waals surface area contributed by atoms with E-state index in [1.54, 1.807) is 7.11 Å². The smallest absolute Gasteiger partial charge is 0.227 e. The second-order valence-corrected chi connectivity index (χ2v) is 6.69. The van der Waals surface area contributed by atoms with E-state index in [0.29, 0.717) is 25.0 Å². The van der Waals surface area contributed by atoms with Crippen LogP contribution in [0.5, 0.6) is 5.75 Å². The highest BCUT2D eigenvalue weighted by molar-refractivity contribution is 5.37. The second-order valence-electron chi connectivity index (χ2n) is 6.69. The molecule has 2 heterocycles. The summed E-state index contributed by atoms with van der Waals surface area (Å²) in [6, 6.07) is 8.20. The van der Waals surface area contributed by atoms with Crippen molar-refractivity contribution in [1.29, 1.82) is 0 Å². The summed E-state index contributed by atoms with van der Waals surface area (Å²) in [5, 5.41) is 8.75. The minimum Gasteiger partial charge on any atom is -0.497 e. The number of rotatable bonds is 4. The molecule has 1 aromatic heterocycles. The van der Waals surface area contributed by atoms with Crippen molar-refractivity contribution < 1.29 is 13.9 Å². The molecular formula is C18H22N2O3. The number of hydrogen-bond donors (Lipinski definition) is 0. The van der Waals surface area contributed by atoms with Gasteiger partial charge >= 0.3 is 0 Å². The number of hydrogen-bond acceptors (Lipinski definition) is 5. The molecule has 1 aromatic carbocycles. The van der Waals surface area contributed by atoms with E-state index >= 15 is 0 Å². The van der Waals surface area contributed by atoms with Crippen LogP contribution in [0.1, 0.15) is 49.4 Å². The normalized spacial score (nSPS) is 26.0. The Morgan fingerprint density at radius 2 is 1.83 bits per heavy atom. The summed E-state index contributed by atoms with van der Waals surface area (Å²) in [7, 11) is 1.68. The van der Waals surface area contributed by atoms with Crippen molar-refractivity contribution in [3.63, 3.8) is 0 Å². The summed E-state index contributed by atoms with van der Waals surface area (Å²) in [4.78, 5) is 0. The van der Waals surface area contributed by atoms with E-state index in [1.165, 1.54) is 5.56 Å². The standard InChI is InChI=1S/C18H22N2O3/c1-12-11-15(12)16-19-20-17(23-16)18(7-9-22-10-8-18)13-3-5-14(21-2)6-4-13/h3-6,12,15H,7-11H2,1-2H3/t12-,15+/m0/s1. The lowest BCUT2D eigenvalue weighted by Gasteiger charge is -2.34. The molecule has 2 fully saturated rings. The van der Waals surface area contributed by atoms with E-state index in [9.17, 15) is 0 Å². The molecule has 2 aliphatic rings. The Labute approximate surface area is 136 Å². The number of ether oxygens (including phenoxy) is 2. The third kappa shape index (κ3) is 2.53. The van der Waals surface area contributed by atoms with Gasteiger partial charge in [-0.2, -0.15) is 0 Å². The predicted octanol–water partition coefficient (Wildman–Crippen LogP) is 3.30. The monoisotopic (exact) mass is 314 g/mol. The third-order valence-corrected chi connectivity index (χ3v) is 5.27. The molecule has 5 nitrogen and oxygen atoms in total. The molecule has 1 saturated heterocycles. The van der Waals surface area contributed by atoms with Gasteiger partial charge in [0.25, 0.3) is 0 Å². The molecule has 0 amide bonds. The van der Waals surface area contributed by atoms with E-state index in [-0.39, 0.29) is 5.41 Å². The molecule has 5 heteroatoms. The Morgan fingerprint density at radius 1 is 1.13 bits per heavy atom. The van der Waals surface area contributed by atoms with Crippen molar-refractivity contribution in [2.24, 2.45) is 5.92 Å². The molecule has 0 bridgehead atoms. The van der Waals surface area contributed by atoms with Gasteiger partial charge in [0.05, 0.1) is 12.5 Å². The van der Waals surface area contributed by atoms with E-state index in [4.69, 9.17) is 13.9 Å². The van der Waals surface area contributed by atoms with Crippen molar-refractivity contribution in [2.45, 2.75) is 37.5 Å². The number of methoxy groups -OCH3 is 1. The summed E-state index contributed by atoms with van der Waals surface area (Å²) < 4.78 is 17.0. The molecule has 1 aliphatic carbocycles. The van der Waals surface area contributed by atoms with Gasteiger partial charge in [-0.3, -0.25) is 0 Å². The van der Waals surface area contributed by atoms with Gasteiger partial charge in [-0.1, -0.05) is 19.1 Å². The van der Waals surface area contributed by atoms with Crippen LogP contribution in [0.4, 0.5) is 0 Å². The zero-order chi connectivity index (χ0) is 15.9. The van der Waals surface area contributed by atoms with Gasteiger partial charge in [-0.05, 0) is 42.9 Å². The molecular weight excluding hydrogens is 292 g/mol. The van der Waals surface area contributed by atoms with E-state index in [1.807, 2.05) is 12.1 Å². The summed E-state index contributed by atoms with van der Waals surface area (Å²) in [6.45, 7) is 3.65. The van der Waals surface area contributed by atoms with Crippen LogP contribution in [0.2, 0.25) is 0 Å². The second kappa shape index (κ2) is 5.64. The lowest BCUT2D eigenvalue weighted by molar-refractivity contribution is 0.0540. The zero-order valence-corrected chi connectivity index (χ0v) is 13.6. The molecule has 1 saturated carbocycles. The maximum atomic E-state index is 6.12. The molecule has 4 rings (SSSR count). The van der Waals surface area contributed by atoms with Crippen molar-refractivity contribution in [3.8, 4) is 5.75 Å². The van der Waals surface area contributed by atoms with Gasteiger partial charge in [0.2, 0.25) is 11.8 Å². The van der Waals surface area contributed by atoms with Gasteiger partial charge < -0.3 is 13.9 Å². The number of benzene rings is 1. The Morgan fingerprint density at radius 3 is 2.43 bits per heavy atom. The molecule has 0 N–H and O–H groups in total. The first-order valence-electron chi connectivity index (χ1n) is 8.29. The first-order chi connectivity index (χ1) is 11.2. The van der Waals surface area contributed by atoms with Crippen molar-refractivity contribution >= 4 is 0 Å². The fourth-order valence-corrected chi connectivity index (χ4v) is 3.50. The number of nitrogens with zero attached hydrogens (tertiary/aromatic N) is 2. The highest BCUT2D eigenvalue weighted by Gasteiger charge is 2.44. The first-order valence-corrected chi connectivity index (χ1v) is 8.29. The maximum absolute atomic E-state index is 6.12. The van der Waals surface area contributed by atoms with E-state index in [2.05, 4.69) is 29.3 Å². The van der Waals surface area contributed by atoms with Gasteiger partial charge in [-0.15, -0.1) is 10.2 Å². The molecule has 0 radical (unpaired) electrons. The maximum Gasteiger partial charge on any atom is 0.227 e. The fraction of sp³-hybridized carbons (Fsp3) is 0.556. The van der Waals surface area contributed by atoms with Crippen molar-refractivity contribution in [1.82, 2.24) is 10.2 Å². The number of aromatic nitrogens is 2. The minimum atomic E-state index is -0.242.